The Hall–Kier alpha value is -1.03. The van der Waals surface area contributed by atoms with Gasteiger partial charge in [-0.2, -0.15) is 8.78 Å². The molecule has 66 valence electrons. The molecular weight excluding hydrogens is 188 g/mol. The molecule has 0 atom stereocenters. The van der Waals surface area contributed by atoms with Crippen molar-refractivity contribution in [2.75, 3.05) is 5.73 Å². The summed E-state index contributed by atoms with van der Waals surface area (Å²) < 4.78 is 27.4. The van der Waals surface area contributed by atoms with Crippen LogP contribution in [0.5, 0.6) is 5.75 Å². The molecule has 0 aliphatic rings. The molecule has 2 N–H and O–H groups in total. The molecule has 0 spiro atoms. The van der Waals surface area contributed by atoms with Crippen LogP contribution in [0.2, 0.25) is 5.02 Å². The van der Waals surface area contributed by atoms with Gasteiger partial charge in [0.15, 0.2) is 0 Å². The topological polar surface area (TPSA) is 35.2 Å². The molecule has 0 aliphatic carbocycles. The fraction of sp³-hybridized carbons (Fsp3) is 0.143. The second-order valence-electron chi connectivity index (χ2n) is 2.10. The lowest BCUT2D eigenvalue weighted by molar-refractivity contribution is -0.0497. The molecule has 0 fully saturated rings. The van der Waals surface area contributed by atoms with Crippen molar-refractivity contribution in [3.63, 3.8) is 0 Å². The van der Waals surface area contributed by atoms with Crippen LogP contribution in [0.25, 0.3) is 0 Å². The van der Waals surface area contributed by atoms with E-state index in [-0.39, 0.29) is 16.5 Å². The quantitative estimate of drug-likeness (QED) is 0.733. The summed E-state index contributed by atoms with van der Waals surface area (Å²) >= 11 is 5.53. The smallest absolute Gasteiger partial charge is 0.387 e. The van der Waals surface area contributed by atoms with Gasteiger partial charge in [0.1, 0.15) is 5.75 Å². The first kappa shape index (κ1) is 9.06. The number of anilines is 1. The fourth-order valence-corrected chi connectivity index (χ4v) is 0.989. The Labute approximate surface area is 72.9 Å². The molecule has 0 aliphatic heterocycles. The number of hydrogen-bond acceptors (Lipinski definition) is 2. The predicted octanol–water partition coefficient (Wildman–Crippen LogP) is 2.52. The van der Waals surface area contributed by atoms with Crippen LogP contribution in [0.15, 0.2) is 18.2 Å². The maximum Gasteiger partial charge on any atom is 0.387 e. The van der Waals surface area contributed by atoms with Crippen LogP contribution >= 0.6 is 11.6 Å². The summed E-state index contributed by atoms with van der Waals surface area (Å²) in [5.41, 5.74) is 5.62. The van der Waals surface area contributed by atoms with Gasteiger partial charge in [-0.1, -0.05) is 11.6 Å². The van der Waals surface area contributed by atoms with Gasteiger partial charge in [0.25, 0.3) is 0 Å². The van der Waals surface area contributed by atoms with Gasteiger partial charge < -0.3 is 10.5 Å². The molecule has 0 aromatic heterocycles. The van der Waals surface area contributed by atoms with E-state index >= 15 is 0 Å². The van der Waals surface area contributed by atoms with Gasteiger partial charge in [0, 0.05) is 16.8 Å². The predicted molar refractivity (Wildman–Crippen MR) is 42.5 cm³/mol. The Bertz CT molecular complexity index is 260. The standard InChI is InChI=1S/C7H6ClF2NO/c8-4-1-5(11)3-6(2-4)12-7(9)10/h1-3,7H,11H2. The maximum absolute atomic E-state index is 11.7. The van der Waals surface area contributed by atoms with E-state index in [1.165, 1.54) is 18.2 Å². The second kappa shape index (κ2) is 3.58. The number of ether oxygens (including phenoxy) is 1. The first-order valence-corrected chi connectivity index (χ1v) is 3.46. The van der Waals surface area contributed by atoms with E-state index in [4.69, 9.17) is 17.3 Å². The van der Waals surface area contributed by atoms with Crippen LogP contribution < -0.4 is 10.5 Å². The average molecular weight is 194 g/mol. The molecule has 1 rings (SSSR count). The lowest BCUT2D eigenvalue weighted by Gasteiger charge is -2.04. The van der Waals surface area contributed by atoms with Crippen molar-refractivity contribution < 1.29 is 13.5 Å². The number of alkyl halides is 2. The van der Waals surface area contributed by atoms with Gasteiger partial charge in [0.05, 0.1) is 0 Å². The van der Waals surface area contributed by atoms with Crippen molar-refractivity contribution in [1.29, 1.82) is 0 Å². The van der Waals surface area contributed by atoms with Gasteiger partial charge in [-0.05, 0) is 12.1 Å². The Morgan fingerprint density at radius 1 is 1.33 bits per heavy atom. The zero-order chi connectivity index (χ0) is 9.14. The van der Waals surface area contributed by atoms with Gasteiger partial charge in [-0.3, -0.25) is 0 Å². The minimum absolute atomic E-state index is 0.0324. The monoisotopic (exact) mass is 193 g/mol. The van der Waals surface area contributed by atoms with Crippen molar-refractivity contribution in [2.24, 2.45) is 0 Å². The Kier molecular flexibility index (Phi) is 2.70. The van der Waals surface area contributed by atoms with Crippen LogP contribution in [-0.2, 0) is 0 Å². The zero-order valence-electron chi connectivity index (χ0n) is 5.93. The van der Waals surface area contributed by atoms with Crippen molar-refractivity contribution in [1.82, 2.24) is 0 Å². The van der Waals surface area contributed by atoms with Gasteiger partial charge >= 0.3 is 6.61 Å². The lowest BCUT2D eigenvalue weighted by Crippen LogP contribution is -2.02. The Balaban J connectivity index is 2.85. The number of benzene rings is 1. The van der Waals surface area contributed by atoms with Crippen molar-refractivity contribution in [3.05, 3.63) is 23.2 Å². The Morgan fingerprint density at radius 2 is 2.00 bits per heavy atom. The van der Waals surface area contributed by atoms with E-state index in [2.05, 4.69) is 4.74 Å². The molecule has 0 saturated carbocycles. The number of hydrogen-bond donors (Lipinski definition) is 1. The fourth-order valence-electron chi connectivity index (χ4n) is 0.755. The molecule has 0 heterocycles. The van der Waals surface area contributed by atoms with Crippen LogP contribution in [0.1, 0.15) is 0 Å². The number of rotatable bonds is 2. The summed E-state index contributed by atoms with van der Waals surface area (Å²) in [7, 11) is 0. The molecule has 1 aromatic rings. The van der Waals surface area contributed by atoms with E-state index in [1.54, 1.807) is 0 Å². The van der Waals surface area contributed by atoms with Gasteiger partial charge in [-0.15, -0.1) is 0 Å². The summed E-state index contributed by atoms with van der Waals surface area (Å²) in [6.45, 7) is -2.86. The van der Waals surface area contributed by atoms with E-state index in [0.29, 0.717) is 0 Å². The first-order valence-electron chi connectivity index (χ1n) is 3.09. The van der Waals surface area contributed by atoms with E-state index in [1.807, 2.05) is 0 Å². The highest BCUT2D eigenvalue weighted by atomic mass is 35.5. The van der Waals surface area contributed by atoms with E-state index in [9.17, 15) is 8.78 Å². The molecular formula is C7H6ClF2NO. The molecule has 0 bridgehead atoms. The molecule has 0 unspecified atom stereocenters. The van der Waals surface area contributed by atoms with E-state index in [0.717, 1.165) is 0 Å². The SMILES string of the molecule is Nc1cc(Cl)cc(OC(F)F)c1. The number of halogens is 3. The molecule has 2 nitrogen and oxygen atoms in total. The third-order valence-corrected chi connectivity index (χ3v) is 1.34. The van der Waals surface area contributed by atoms with Gasteiger partial charge in [-0.25, -0.2) is 0 Å². The Morgan fingerprint density at radius 3 is 2.50 bits per heavy atom. The minimum atomic E-state index is -2.86. The van der Waals surface area contributed by atoms with Crippen molar-refractivity contribution in [2.45, 2.75) is 6.61 Å². The third-order valence-electron chi connectivity index (χ3n) is 1.12. The van der Waals surface area contributed by atoms with Gasteiger partial charge in [0.2, 0.25) is 0 Å². The second-order valence-corrected chi connectivity index (χ2v) is 2.54. The lowest BCUT2D eigenvalue weighted by atomic mass is 10.3. The highest BCUT2D eigenvalue weighted by Crippen LogP contribution is 2.23. The van der Waals surface area contributed by atoms with Crippen LogP contribution in [0, 0.1) is 0 Å². The summed E-state index contributed by atoms with van der Waals surface area (Å²) in [4.78, 5) is 0. The third kappa shape index (κ3) is 2.54. The van der Waals surface area contributed by atoms with Crippen LogP contribution in [0.3, 0.4) is 0 Å². The average Bonchev–Trinajstić information content (AvgIpc) is 1.81. The molecule has 5 heteroatoms. The van der Waals surface area contributed by atoms with Crippen LogP contribution in [0.4, 0.5) is 14.5 Å². The highest BCUT2D eigenvalue weighted by Gasteiger charge is 2.05. The zero-order valence-corrected chi connectivity index (χ0v) is 6.68. The number of nitrogen functional groups attached to an aromatic ring is 1. The summed E-state index contributed by atoms with van der Waals surface area (Å²) in [5, 5.41) is 0.269. The first-order chi connectivity index (χ1) is 5.58. The van der Waals surface area contributed by atoms with Crippen LogP contribution in [-0.4, -0.2) is 6.61 Å². The summed E-state index contributed by atoms with van der Waals surface area (Å²) in [6, 6.07) is 3.99. The maximum atomic E-state index is 11.7. The molecule has 12 heavy (non-hydrogen) atoms. The molecule has 0 amide bonds. The van der Waals surface area contributed by atoms with Crippen molar-refractivity contribution >= 4 is 17.3 Å². The number of nitrogens with two attached hydrogens (primary N) is 1. The highest BCUT2D eigenvalue weighted by molar-refractivity contribution is 6.31. The largest absolute Gasteiger partial charge is 0.435 e. The normalized spacial score (nSPS) is 10.3. The minimum Gasteiger partial charge on any atom is -0.435 e. The molecule has 0 saturated heterocycles. The summed E-state index contributed by atoms with van der Waals surface area (Å²) in [5.74, 6) is -0.0324. The van der Waals surface area contributed by atoms with E-state index < -0.39 is 6.61 Å². The summed E-state index contributed by atoms with van der Waals surface area (Å²) in [6.07, 6.45) is 0. The molecule has 1 aromatic carbocycles. The molecule has 0 radical (unpaired) electrons. The van der Waals surface area contributed by atoms with Crippen molar-refractivity contribution in [3.8, 4) is 5.75 Å².